The summed E-state index contributed by atoms with van der Waals surface area (Å²) in [6, 6.07) is 11.1. The number of aliphatic hydroxyl groups excluding tert-OH is 1. The Labute approximate surface area is 218 Å². The fraction of sp³-hybridized carbons (Fsp3) is 0.370. The first-order valence-corrected chi connectivity index (χ1v) is 12.4. The molecule has 1 unspecified atom stereocenters. The minimum atomic E-state index is -1.07. The van der Waals surface area contributed by atoms with E-state index in [-0.39, 0.29) is 19.3 Å². The Bertz CT molecular complexity index is 1400. The molecule has 2 aromatic carbocycles. The van der Waals surface area contributed by atoms with Crippen LogP contribution in [0, 0.1) is 6.92 Å². The maximum Gasteiger partial charge on any atom is 0.336 e. The Kier molecular flexibility index (Phi) is 7.47. The highest BCUT2D eigenvalue weighted by molar-refractivity contribution is 5.88. The predicted molar refractivity (Wildman–Crippen MR) is 136 cm³/mol. The van der Waals surface area contributed by atoms with E-state index >= 15 is 0 Å². The van der Waals surface area contributed by atoms with Gasteiger partial charge in [-0.25, -0.2) is 4.79 Å². The summed E-state index contributed by atoms with van der Waals surface area (Å²) in [5, 5.41) is 13.1. The number of ether oxygens (including phenoxy) is 3. The summed E-state index contributed by atoms with van der Waals surface area (Å²) >= 11 is 0. The fourth-order valence-corrected chi connectivity index (χ4v) is 4.61. The molecule has 2 aliphatic rings. The molecule has 1 aromatic heterocycles. The van der Waals surface area contributed by atoms with E-state index in [9.17, 15) is 19.5 Å². The van der Waals surface area contributed by atoms with Crippen LogP contribution in [-0.2, 0) is 16.1 Å². The second kappa shape index (κ2) is 11.1. The Hall–Kier alpha value is -4.09. The van der Waals surface area contributed by atoms with Crippen LogP contribution in [0.3, 0.4) is 0 Å². The highest BCUT2D eigenvalue weighted by atomic mass is 16.7. The van der Waals surface area contributed by atoms with Crippen LogP contribution in [0.25, 0.3) is 11.0 Å². The highest BCUT2D eigenvalue weighted by Gasteiger charge is 2.28. The molecule has 1 atom stereocenters. The zero-order valence-electron chi connectivity index (χ0n) is 21.0. The minimum absolute atomic E-state index is 0.233. The molecule has 0 saturated carbocycles. The third kappa shape index (κ3) is 5.74. The number of rotatable bonds is 8. The number of nitrogens with zero attached hydrogens (tertiary/aromatic N) is 2. The SMILES string of the molecule is Cc1cc(=O)oc2cc(OCC(=O)NC(CO)C(=O)N3CCN(Cc4ccc5c(c4)OCO5)CC3)ccc12. The molecule has 3 aromatic rings. The van der Waals surface area contributed by atoms with Gasteiger partial charge in [0.25, 0.3) is 5.91 Å². The van der Waals surface area contributed by atoms with Gasteiger partial charge in [0.1, 0.15) is 17.4 Å². The van der Waals surface area contributed by atoms with E-state index in [1.54, 1.807) is 24.0 Å². The molecule has 1 fully saturated rings. The summed E-state index contributed by atoms with van der Waals surface area (Å²) in [5.74, 6) is 0.930. The molecule has 1 saturated heterocycles. The van der Waals surface area contributed by atoms with Crippen molar-refractivity contribution < 1.29 is 33.3 Å². The van der Waals surface area contributed by atoms with Gasteiger partial charge in [0, 0.05) is 50.2 Å². The van der Waals surface area contributed by atoms with Crippen LogP contribution in [0.4, 0.5) is 0 Å². The average molecular weight is 524 g/mol. The smallest absolute Gasteiger partial charge is 0.336 e. The van der Waals surface area contributed by atoms with Crippen molar-refractivity contribution in [2.24, 2.45) is 0 Å². The number of hydrogen-bond acceptors (Lipinski definition) is 9. The molecular formula is C27H29N3O8. The van der Waals surface area contributed by atoms with Gasteiger partial charge in [0.05, 0.1) is 6.61 Å². The predicted octanol–water partition coefficient (Wildman–Crippen LogP) is 1.03. The molecule has 200 valence electrons. The van der Waals surface area contributed by atoms with Crippen LogP contribution >= 0.6 is 0 Å². The zero-order valence-corrected chi connectivity index (χ0v) is 21.0. The van der Waals surface area contributed by atoms with E-state index < -0.39 is 24.2 Å². The Morgan fingerprint density at radius 1 is 1.05 bits per heavy atom. The lowest BCUT2D eigenvalue weighted by molar-refractivity contribution is -0.139. The van der Waals surface area contributed by atoms with E-state index in [1.807, 2.05) is 18.2 Å². The van der Waals surface area contributed by atoms with Gasteiger partial charge in [-0.05, 0) is 42.3 Å². The molecular weight excluding hydrogens is 494 g/mol. The summed E-state index contributed by atoms with van der Waals surface area (Å²) in [4.78, 5) is 40.9. The van der Waals surface area contributed by atoms with Gasteiger partial charge in [-0.15, -0.1) is 0 Å². The summed E-state index contributed by atoms with van der Waals surface area (Å²) in [7, 11) is 0. The van der Waals surface area contributed by atoms with E-state index in [0.29, 0.717) is 44.1 Å². The van der Waals surface area contributed by atoms with Gasteiger partial charge in [0.2, 0.25) is 12.7 Å². The maximum absolute atomic E-state index is 13.0. The normalized spacial score (nSPS) is 15.9. The van der Waals surface area contributed by atoms with Crippen LogP contribution in [0.5, 0.6) is 17.2 Å². The summed E-state index contributed by atoms with van der Waals surface area (Å²) in [6.07, 6.45) is 0. The molecule has 11 heteroatoms. The molecule has 38 heavy (non-hydrogen) atoms. The van der Waals surface area contributed by atoms with Crippen molar-refractivity contribution in [2.45, 2.75) is 19.5 Å². The number of carbonyl (C=O) groups is 2. The van der Waals surface area contributed by atoms with Gasteiger partial charge in [-0.3, -0.25) is 14.5 Å². The van der Waals surface area contributed by atoms with Crippen molar-refractivity contribution in [3.8, 4) is 17.2 Å². The van der Waals surface area contributed by atoms with Gasteiger partial charge in [-0.2, -0.15) is 0 Å². The summed E-state index contributed by atoms with van der Waals surface area (Å²) in [6.45, 7) is 4.14. The number of aryl methyl sites for hydroxylation is 1. The lowest BCUT2D eigenvalue weighted by atomic mass is 10.1. The molecule has 3 heterocycles. The molecule has 2 N–H and O–H groups in total. The van der Waals surface area contributed by atoms with E-state index in [0.717, 1.165) is 28.0 Å². The van der Waals surface area contributed by atoms with Crippen molar-refractivity contribution >= 4 is 22.8 Å². The molecule has 0 spiro atoms. The van der Waals surface area contributed by atoms with Crippen LogP contribution in [0.15, 0.2) is 51.7 Å². The van der Waals surface area contributed by atoms with Crippen LogP contribution in [0.1, 0.15) is 11.1 Å². The highest BCUT2D eigenvalue weighted by Crippen LogP contribution is 2.33. The number of benzene rings is 2. The maximum atomic E-state index is 13.0. The van der Waals surface area contributed by atoms with E-state index in [1.165, 1.54) is 12.1 Å². The zero-order chi connectivity index (χ0) is 26.6. The van der Waals surface area contributed by atoms with Crippen LogP contribution < -0.4 is 25.2 Å². The number of carbonyl (C=O) groups excluding carboxylic acids is 2. The number of piperazine rings is 1. The number of fused-ring (bicyclic) bond motifs is 2. The molecule has 2 amide bonds. The molecule has 5 rings (SSSR count). The number of aliphatic hydroxyl groups is 1. The molecule has 2 aliphatic heterocycles. The Morgan fingerprint density at radius 3 is 2.63 bits per heavy atom. The number of amides is 2. The quantitative estimate of drug-likeness (QED) is 0.416. The first-order chi connectivity index (χ1) is 18.4. The number of hydrogen-bond donors (Lipinski definition) is 2. The fourth-order valence-electron chi connectivity index (χ4n) is 4.61. The average Bonchev–Trinajstić information content (AvgIpc) is 3.38. The minimum Gasteiger partial charge on any atom is -0.484 e. The summed E-state index contributed by atoms with van der Waals surface area (Å²) in [5.41, 5.74) is 1.76. The second-order valence-electron chi connectivity index (χ2n) is 9.29. The largest absolute Gasteiger partial charge is 0.484 e. The first-order valence-electron chi connectivity index (χ1n) is 12.4. The standard InChI is InChI=1S/C27H29N3O8/c1-17-10-26(33)38-23-12-19(3-4-20(17)23)35-15-25(32)28-21(14-31)27(34)30-8-6-29(7-9-30)13-18-2-5-22-24(11-18)37-16-36-22/h2-5,10-12,21,31H,6-9,13-16H2,1H3,(H,28,32). The molecule has 11 nitrogen and oxygen atoms in total. The van der Waals surface area contributed by atoms with Crippen molar-refractivity contribution in [1.82, 2.24) is 15.1 Å². The van der Waals surface area contributed by atoms with E-state index in [2.05, 4.69) is 10.2 Å². The lowest BCUT2D eigenvalue weighted by Gasteiger charge is -2.36. The molecule has 0 bridgehead atoms. The van der Waals surface area contributed by atoms with Crippen molar-refractivity contribution in [1.29, 1.82) is 0 Å². The third-order valence-electron chi connectivity index (χ3n) is 6.64. The first kappa shape index (κ1) is 25.6. The van der Waals surface area contributed by atoms with Crippen LogP contribution in [0.2, 0.25) is 0 Å². The molecule has 0 aliphatic carbocycles. The van der Waals surface area contributed by atoms with Gasteiger partial charge in [0.15, 0.2) is 18.1 Å². The Balaban J connectivity index is 1.10. The second-order valence-corrected chi connectivity index (χ2v) is 9.29. The lowest BCUT2D eigenvalue weighted by Crippen LogP contribution is -2.56. The van der Waals surface area contributed by atoms with Gasteiger partial charge in [-0.1, -0.05) is 6.07 Å². The monoisotopic (exact) mass is 523 g/mol. The van der Waals surface area contributed by atoms with Crippen molar-refractivity contribution in [3.05, 3.63) is 64.0 Å². The van der Waals surface area contributed by atoms with Gasteiger partial charge < -0.3 is 34.0 Å². The van der Waals surface area contributed by atoms with Crippen molar-refractivity contribution in [3.63, 3.8) is 0 Å². The van der Waals surface area contributed by atoms with Crippen LogP contribution in [-0.4, -0.2) is 78.9 Å². The third-order valence-corrected chi connectivity index (χ3v) is 6.64. The van der Waals surface area contributed by atoms with E-state index in [4.69, 9.17) is 18.6 Å². The van der Waals surface area contributed by atoms with Gasteiger partial charge >= 0.3 is 5.63 Å². The topological polar surface area (TPSA) is 131 Å². The summed E-state index contributed by atoms with van der Waals surface area (Å²) < 4.78 is 21.5. The van der Waals surface area contributed by atoms with Crippen molar-refractivity contribution in [2.75, 3.05) is 46.2 Å². The molecule has 0 radical (unpaired) electrons. The number of nitrogens with one attached hydrogen (secondary N) is 1. The Morgan fingerprint density at radius 2 is 1.84 bits per heavy atom.